The summed E-state index contributed by atoms with van der Waals surface area (Å²) in [5.74, 6) is 0. The number of hydrogen-bond acceptors (Lipinski definition) is 2. The molecule has 47 heavy (non-hydrogen) atoms. The molecule has 0 atom stereocenters. The zero-order chi connectivity index (χ0) is 32.9. The fraction of sp³-hybridized carbons (Fsp3) is 0.289. The summed E-state index contributed by atoms with van der Waals surface area (Å²) in [6.07, 6.45) is 15.1. The van der Waals surface area contributed by atoms with Gasteiger partial charge in [0.15, 0.2) is 0 Å². The molecule has 0 unspecified atom stereocenters. The standard InChI is InChI=1S/C45H50N2/c1-6-7-34-46-41-28-18-17-27-40(41)45(4,5)42(46)32-31-36-30-29-35(20-19-33-44(2,3)37-21-11-8-12-22-37)43(36)47(38-23-13-9-14-24-38)39-25-15-10-16-26-39/h8-28,31-32H,6-7,29-30,33-34H2,1-5H3/b20-19+,36-31+,42-32+. The van der Waals surface area contributed by atoms with Gasteiger partial charge in [0.2, 0.25) is 0 Å². The van der Waals surface area contributed by atoms with Gasteiger partial charge in [0.1, 0.15) is 0 Å². The third-order valence-corrected chi connectivity index (χ3v) is 10.0. The molecule has 0 saturated heterocycles. The molecule has 0 saturated carbocycles. The lowest BCUT2D eigenvalue weighted by molar-refractivity contribution is 0.534. The van der Waals surface area contributed by atoms with E-state index in [2.05, 4.69) is 184 Å². The number of unbranched alkanes of at least 4 members (excludes halogenated alkanes) is 1. The largest absolute Gasteiger partial charge is 0.344 e. The molecule has 0 aromatic heterocycles. The van der Waals surface area contributed by atoms with Gasteiger partial charge in [-0.15, -0.1) is 0 Å². The fourth-order valence-corrected chi connectivity index (χ4v) is 7.27. The van der Waals surface area contributed by atoms with Gasteiger partial charge < -0.3 is 9.80 Å². The summed E-state index contributed by atoms with van der Waals surface area (Å²) in [5, 5.41) is 0. The van der Waals surface area contributed by atoms with E-state index in [9.17, 15) is 0 Å². The summed E-state index contributed by atoms with van der Waals surface area (Å²) in [4.78, 5) is 5.05. The van der Waals surface area contributed by atoms with Crippen molar-refractivity contribution in [1.82, 2.24) is 0 Å². The summed E-state index contributed by atoms with van der Waals surface area (Å²) in [5.41, 5.74) is 12.0. The van der Waals surface area contributed by atoms with Crippen molar-refractivity contribution < 1.29 is 0 Å². The van der Waals surface area contributed by atoms with Crippen molar-refractivity contribution in [3.05, 3.63) is 173 Å². The molecular weight excluding hydrogens is 569 g/mol. The Morgan fingerprint density at radius 1 is 0.745 bits per heavy atom. The van der Waals surface area contributed by atoms with Gasteiger partial charge >= 0.3 is 0 Å². The number of rotatable bonds is 11. The van der Waals surface area contributed by atoms with E-state index >= 15 is 0 Å². The summed E-state index contributed by atoms with van der Waals surface area (Å²) < 4.78 is 0. The minimum Gasteiger partial charge on any atom is -0.344 e. The molecule has 1 aliphatic heterocycles. The molecule has 0 radical (unpaired) electrons. The van der Waals surface area contributed by atoms with Crippen molar-refractivity contribution in [1.29, 1.82) is 0 Å². The van der Waals surface area contributed by atoms with Crippen LogP contribution in [0.1, 0.15) is 77.8 Å². The molecule has 0 spiro atoms. The molecule has 2 heteroatoms. The molecule has 1 aliphatic carbocycles. The lowest BCUT2D eigenvalue weighted by Gasteiger charge is -2.29. The van der Waals surface area contributed by atoms with Gasteiger partial charge in [0.05, 0.1) is 5.70 Å². The summed E-state index contributed by atoms with van der Waals surface area (Å²) >= 11 is 0. The topological polar surface area (TPSA) is 6.48 Å². The first-order valence-corrected chi connectivity index (χ1v) is 17.5. The van der Waals surface area contributed by atoms with E-state index in [4.69, 9.17) is 0 Å². The van der Waals surface area contributed by atoms with Crippen molar-refractivity contribution in [2.75, 3.05) is 16.3 Å². The van der Waals surface area contributed by atoms with Gasteiger partial charge in [-0.2, -0.15) is 0 Å². The van der Waals surface area contributed by atoms with Crippen molar-refractivity contribution in [2.45, 2.75) is 77.6 Å². The average molecular weight is 619 g/mol. The Morgan fingerprint density at radius 3 is 1.98 bits per heavy atom. The lowest BCUT2D eigenvalue weighted by atomic mass is 9.81. The van der Waals surface area contributed by atoms with Crippen LogP contribution in [0.5, 0.6) is 0 Å². The number of nitrogens with zero attached hydrogens (tertiary/aromatic N) is 2. The minimum atomic E-state index is -0.0613. The second kappa shape index (κ2) is 14.1. The zero-order valence-corrected chi connectivity index (χ0v) is 28.9. The maximum absolute atomic E-state index is 2.58. The van der Waals surface area contributed by atoms with E-state index in [1.807, 2.05) is 0 Å². The monoisotopic (exact) mass is 618 g/mol. The highest BCUT2D eigenvalue weighted by Gasteiger charge is 2.39. The van der Waals surface area contributed by atoms with Crippen LogP contribution in [0.15, 0.2) is 162 Å². The van der Waals surface area contributed by atoms with Gasteiger partial charge in [-0.25, -0.2) is 0 Å². The number of benzene rings is 4. The van der Waals surface area contributed by atoms with Crippen molar-refractivity contribution in [3.8, 4) is 0 Å². The Balaban J connectivity index is 1.45. The number of fused-ring (bicyclic) bond motifs is 1. The highest BCUT2D eigenvalue weighted by molar-refractivity contribution is 5.75. The molecule has 0 bridgehead atoms. The number of anilines is 3. The van der Waals surface area contributed by atoms with Gasteiger partial charge in [-0.05, 0) is 89.8 Å². The predicted octanol–water partition coefficient (Wildman–Crippen LogP) is 12.2. The Hall–Kier alpha value is -4.56. The smallest absolute Gasteiger partial charge is 0.0525 e. The van der Waals surface area contributed by atoms with E-state index in [0.717, 1.165) is 25.8 Å². The molecule has 0 fully saturated rings. The molecule has 240 valence electrons. The second-order valence-corrected chi connectivity index (χ2v) is 14.1. The Morgan fingerprint density at radius 2 is 1.34 bits per heavy atom. The molecule has 4 aromatic carbocycles. The first-order valence-electron chi connectivity index (χ1n) is 17.5. The van der Waals surface area contributed by atoms with E-state index in [-0.39, 0.29) is 10.8 Å². The highest BCUT2D eigenvalue weighted by Crippen LogP contribution is 2.48. The predicted molar refractivity (Wildman–Crippen MR) is 202 cm³/mol. The lowest BCUT2D eigenvalue weighted by Crippen LogP contribution is -2.27. The van der Waals surface area contributed by atoms with Gasteiger partial charge in [-0.3, -0.25) is 0 Å². The zero-order valence-electron chi connectivity index (χ0n) is 28.9. The molecule has 4 aromatic rings. The quantitative estimate of drug-likeness (QED) is 0.165. The minimum absolute atomic E-state index is 0.0593. The third kappa shape index (κ3) is 6.79. The van der Waals surface area contributed by atoms with Crippen LogP contribution in [-0.2, 0) is 10.8 Å². The number of allylic oxidation sites excluding steroid dienone is 7. The summed E-state index contributed by atoms with van der Waals surface area (Å²) in [6.45, 7) is 12.8. The van der Waals surface area contributed by atoms with Crippen molar-refractivity contribution in [3.63, 3.8) is 0 Å². The van der Waals surface area contributed by atoms with Crippen LogP contribution in [0.2, 0.25) is 0 Å². The Labute approximate surface area is 283 Å². The first-order chi connectivity index (χ1) is 22.8. The van der Waals surface area contributed by atoms with Gasteiger partial charge in [-0.1, -0.05) is 144 Å². The molecule has 0 N–H and O–H groups in total. The fourth-order valence-electron chi connectivity index (χ4n) is 7.27. The van der Waals surface area contributed by atoms with Crippen molar-refractivity contribution >= 4 is 17.1 Å². The molecular formula is C45H50N2. The van der Waals surface area contributed by atoms with E-state index in [1.54, 1.807) is 0 Å². The number of para-hydroxylation sites is 3. The summed E-state index contributed by atoms with van der Waals surface area (Å²) in [6, 6.07) is 41.6. The van der Waals surface area contributed by atoms with Crippen LogP contribution in [0.3, 0.4) is 0 Å². The Kier molecular flexibility index (Phi) is 9.68. The average Bonchev–Trinajstić information content (AvgIpc) is 3.58. The first kappa shape index (κ1) is 32.4. The van der Waals surface area contributed by atoms with Gasteiger partial charge in [0, 0.05) is 34.7 Å². The van der Waals surface area contributed by atoms with E-state index in [1.165, 1.54) is 63.6 Å². The highest BCUT2D eigenvalue weighted by atomic mass is 15.2. The molecule has 2 nitrogen and oxygen atoms in total. The third-order valence-electron chi connectivity index (χ3n) is 10.0. The van der Waals surface area contributed by atoms with Crippen LogP contribution in [-0.4, -0.2) is 6.54 Å². The second-order valence-electron chi connectivity index (χ2n) is 14.1. The SMILES string of the molecule is CCCCN1/C(=C/C=C2\CCC(/C=C/CC(C)(C)c3ccccc3)=C2N(c2ccccc2)c2ccccc2)C(C)(C)c2ccccc21. The molecule has 0 amide bonds. The van der Waals surface area contributed by atoms with Gasteiger partial charge in [0.25, 0.3) is 0 Å². The van der Waals surface area contributed by atoms with Crippen LogP contribution >= 0.6 is 0 Å². The van der Waals surface area contributed by atoms with Crippen molar-refractivity contribution in [2.24, 2.45) is 0 Å². The maximum atomic E-state index is 2.58. The van der Waals surface area contributed by atoms with Crippen LogP contribution in [0.4, 0.5) is 17.1 Å². The maximum Gasteiger partial charge on any atom is 0.0525 e. The normalized spacial score (nSPS) is 17.7. The molecule has 6 rings (SSSR count). The van der Waals surface area contributed by atoms with Crippen LogP contribution in [0, 0.1) is 0 Å². The van der Waals surface area contributed by atoms with Crippen LogP contribution < -0.4 is 9.80 Å². The Bertz CT molecular complexity index is 1730. The van der Waals surface area contributed by atoms with E-state index < -0.39 is 0 Å². The number of hydrogen-bond donors (Lipinski definition) is 0. The van der Waals surface area contributed by atoms with Crippen LogP contribution in [0.25, 0.3) is 0 Å². The molecule has 2 aliphatic rings. The summed E-state index contributed by atoms with van der Waals surface area (Å²) in [7, 11) is 0. The molecule has 1 heterocycles. The van der Waals surface area contributed by atoms with E-state index in [0.29, 0.717) is 0 Å².